The van der Waals surface area contributed by atoms with Crippen molar-refractivity contribution in [3.8, 4) is 0 Å². The van der Waals surface area contributed by atoms with Gasteiger partial charge in [0.1, 0.15) is 0 Å². The van der Waals surface area contributed by atoms with Crippen LogP contribution in [-0.2, 0) is 6.54 Å². The number of hydrogen-bond acceptors (Lipinski definition) is 4. The molecule has 3 heterocycles. The molecule has 1 aliphatic heterocycles. The first-order chi connectivity index (χ1) is 9.97. The minimum Gasteiger partial charge on any atom is -0.311 e. The van der Waals surface area contributed by atoms with Gasteiger partial charge < -0.3 is 5.32 Å². The summed E-state index contributed by atoms with van der Waals surface area (Å²) in [5, 5.41) is 5.82. The fourth-order valence-electron chi connectivity index (χ4n) is 3.09. The molecule has 0 bridgehead atoms. The summed E-state index contributed by atoms with van der Waals surface area (Å²) >= 11 is 1.70. The normalized spacial score (nSPS) is 24.8. The number of rotatable bonds is 3. The Kier molecular flexibility index (Phi) is 4.08. The van der Waals surface area contributed by atoms with Crippen molar-refractivity contribution < 1.29 is 0 Å². The van der Waals surface area contributed by atoms with Crippen LogP contribution in [0.15, 0.2) is 17.8 Å². The molecule has 1 N–H and O–H groups in total. The highest BCUT2D eigenvalue weighted by molar-refractivity contribution is 7.15. The summed E-state index contributed by atoms with van der Waals surface area (Å²) in [6.07, 6.45) is 5.45. The van der Waals surface area contributed by atoms with Gasteiger partial charge in [0.25, 0.3) is 0 Å². The number of nitrogens with one attached hydrogen (secondary N) is 1. The van der Waals surface area contributed by atoms with Crippen LogP contribution in [0.1, 0.15) is 39.8 Å². The molecular formula is C16H26N4S. The predicted octanol–water partition coefficient (Wildman–Crippen LogP) is 2.99. The van der Waals surface area contributed by atoms with Gasteiger partial charge in [0.2, 0.25) is 0 Å². The Balaban J connectivity index is 1.75. The number of nitrogens with zero attached hydrogens (tertiary/aromatic N) is 3. The molecule has 2 aromatic rings. The maximum atomic E-state index is 4.74. The van der Waals surface area contributed by atoms with Gasteiger partial charge in [-0.05, 0) is 11.8 Å². The Morgan fingerprint density at radius 1 is 1.43 bits per heavy atom. The molecule has 1 aliphatic rings. The topological polar surface area (TPSA) is 32.6 Å². The van der Waals surface area contributed by atoms with E-state index in [1.54, 1.807) is 11.3 Å². The quantitative estimate of drug-likeness (QED) is 0.946. The predicted molar refractivity (Wildman–Crippen MR) is 88.8 cm³/mol. The molecule has 1 fully saturated rings. The Labute approximate surface area is 131 Å². The first-order valence-corrected chi connectivity index (χ1v) is 8.74. The molecule has 0 radical (unpaired) electrons. The standard InChI is InChI=1S/C16H26N4S/c1-5-13-8-17-14(16(2,3)4)11-20(13)10-12-9-19-6-7-21-15(19)18-12/h6-7,9,13-14,17H,5,8,10-11H2,1-4H3. The smallest absolute Gasteiger partial charge is 0.193 e. The summed E-state index contributed by atoms with van der Waals surface area (Å²) in [5.74, 6) is 0. The van der Waals surface area contributed by atoms with Gasteiger partial charge in [0.15, 0.2) is 4.96 Å². The van der Waals surface area contributed by atoms with Crippen molar-refractivity contribution >= 4 is 16.3 Å². The zero-order valence-corrected chi connectivity index (χ0v) is 14.3. The Morgan fingerprint density at radius 3 is 2.90 bits per heavy atom. The Bertz CT molecular complexity index is 566. The van der Waals surface area contributed by atoms with Gasteiger partial charge in [-0.1, -0.05) is 27.7 Å². The second kappa shape index (κ2) is 5.71. The average molecular weight is 306 g/mol. The summed E-state index contributed by atoms with van der Waals surface area (Å²) in [6, 6.07) is 1.16. The van der Waals surface area contributed by atoms with Gasteiger partial charge in [0.05, 0.1) is 5.69 Å². The molecule has 0 aliphatic carbocycles. The van der Waals surface area contributed by atoms with Crippen LogP contribution in [0.4, 0.5) is 0 Å². The molecule has 0 amide bonds. The molecule has 2 unspecified atom stereocenters. The number of fused-ring (bicyclic) bond motifs is 1. The van der Waals surface area contributed by atoms with Gasteiger partial charge >= 0.3 is 0 Å². The van der Waals surface area contributed by atoms with Gasteiger partial charge in [-0.2, -0.15) is 0 Å². The van der Waals surface area contributed by atoms with E-state index in [9.17, 15) is 0 Å². The first-order valence-electron chi connectivity index (χ1n) is 7.86. The van der Waals surface area contributed by atoms with E-state index in [1.165, 1.54) is 12.1 Å². The van der Waals surface area contributed by atoms with Crippen molar-refractivity contribution in [2.75, 3.05) is 13.1 Å². The van der Waals surface area contributed by atoms with E-state index < -0.39 is 0 Å². The highest BCUT2D eigenvalue weighted by atomic mass is 32.1. The summed E-state index contributed by atoms with van der Waals surface area (Å²) in [5.41, 5.74) is 1.49. The third-order valence-electron chi connectivity index (χ3n) is 4.56. The lowest BCUT2D eigenvalue weighted by atomic mass is 9.84. The van der Waals surface area contributed by atoms with E-state index in [2.05, 4.69) is 60.1 Å². The van der Waals surface area contributed by atoms with Crippen LogP contribution in [0.25, 0.3) is 4.96 Å². The minimum absolute atomic E-state index is 0.297. The molecular weight excluding hydrogens is 280 g/mol. The maximum absolute atomic E-state index is 4.74. The van der Waals surface area contributed by atoms with E-state index in [4.69, 9.17) is 4.98 Å². The van der Waals surface area contributed by atoms with Crippen LogP contribution < -0.4 is 5.32 Å². The number of piperazine rings is 1. The first kappa shape index (κ1) is 15.0. The molecule has 0 spiro atoms. The third kappa shape index (κ3) is 3.15. The third-order valence-corrected chi connectivity index (χ3v) is 5.33. The summed E-state index contributed by atoms with van der Waals surface area (Å²) in [7, 11) is 0. The van der Waals surface area contributed by atoms with Crippen LogP contribution >= 0.6 is 11.3 Å². The van der Waals surface area contributed by atoms with Crippen LogP contribution in [0.3, 0.4) is 0 Å². The molecule has 116 valence electrons. The van der Waals surface area contributed by atoms with E-state index >= 15 is 0 Å². The largest absolute Gasteiger partial charge is 0.311 e. The lowest BCUT2D eigenvalue weighted by Gasteiger charge is -2.44. The van der Waals surface area contributed by atoms with Crippen LogP contribution in [0.5, 0.6) is 0 Å². The van der Waals surface area contributed by atoms with E-state index in [0.29, 0.717) is 17.5 Å². The zero-order valence-electron chi connectivity index (χ0n) is 13.5. The number of hydrogen-bond donors (Lipinski definition) is 1. The molecule has 0 aromatic carbocycles. The van der Waals surface area contributed by atoms with Gasteiger partial charge in [-0.15, -0.1) is 11.3 Å². The SMILES string of the molecule is CCC1CNC(C(C)(C)C)CN1Cc1cn2ccsc2n1. The summed E-state index contributed by atoms with van der Waals surface area (Å²) in [6.45, 7) is 12.4. The average Bonchev–Trinajstić information content (AvgIpc) is 2.98. The molecule has 0 saturated carbocycles. The highest BCUT2D eigenvalue weighted by Gasteiger charge is 2.33. The summed E-state index contributed by atoms with van der Waals surface area (Å²) in [4.78, 5) is 8.45. The van der Waals surface area contributed by atoms with Crippen LogP contribution in [0, 0.1) is 5.41 Å². The van der Waals surface area contributed by atoms with Gasteiger partial charge in [-0.3, -0.25) is 9.30 Å². The highest BCUT2D eigenvalue weighted by Crippen LogP contribution is 2.25. The minimum atomic E-state index is 0.297. The van der Waals surface area contributed by atoms with E-state index in [-0.39, 0.29) is 0 Å². The molecule has 3 rings (SSSR count). The number of imidazole rings is 1. The summed E-state index contributed by atoms with van der Waals surface area (Å²) < 4.78 is 2.13. The van der Waals surface area contributed by atoms with Crippen LogP contribution in [0.2, 0.25) is 0 Å². The molecule has 21 heavy (non-hydrogen) atoms. The van der Waals surface area contributed by atoms with E-state index in [0.717, 1.165) is 24.6 Å². The molecule has 2 atom stereocenters. The second-order valence-electron chi connectivity index (χ2n) is 7.14. The van der Waals surface area contributed by atoms with Crippen molar-refractivity contribution in [1.82, 2.24) is 19.6 Å². The Morgan fingerprint density at radius 2 is 2.24 bits per heavy atom. The van der Waals surface area contributed by atoms with Crippen molar-refractivity contribution in [1.29, 1.82) is 0 Å². The number of thiazole rings is 1. The number of aromatic nitrogens is 2. The molecule has 4 nitrogen and oxygen atoms in total. The van der Waals surface area contributed by atoms with Crippen molar-refractivity contribution in [3.63, 3.8) is 0 Å². The van der Waals surface area contributed by atoms with Crippen LogP contribution in [-0.4, -0.2) is 39.5 Å². The van der Waals surface area contributed by atoms with Crippen molar-refractivity contribution in [3.05, 3.63) is 23.5 Å². The maximum Gasteiger partial charge on any atom is 0.193 e. The van der Waals surface area contributed by atoms with Gasteiger partial charge in [0, 0.05) is 49.5 Å². The van der Waals surface area contributed by atoms with Crippen molar-refractivity contribution in [2.45, 2.75) is 52.7 Å². The second-order valence-corrected chi connectivity index (χ2v) is 8.02. The van der Waals surface area contributed by atoms with Crippen molar-refractivity contribution in [2.24, 2.45) is 5.41 Å². The van der Waals surface area contributed by atoms with E-state index in [1.807, 2.05) is 0 Å². The monoisotopic (exact) mass is 306 g/mol. The lowest BCUT2D eigenvalue weighted by Crippen LogP contribution is -2.59. The fraction of sp³-hybridized carbons (Fsp3) is 0.688. The molecule has 1 saturated heterocycles. The zero-order chi connectivity index (χ0) is 15.0. The molecule has 5 heteroatoms. The lowest BCUT2D eigenvalue weighted by molar-refractivity contribution is 0.0766. The molecule has 2 aromatic heterocycles. The Hall–Kier alpha value is -0.910. The van der Waals surface area contributed by atoms with Gasteiger partial charge in [-0.25, -0.2) is 4.98 Å². The fourth-order valence-corrected chi connectivity index (χ4v) is 3.81.